The van der Waals surface area contributed by atoms with Crippen LogP contribution in [0.25, 0.3) is 10.8 Å². The summed E-state index contributed by atoms with van der Waals surface area (Å²) in [5.74, 6) is 0. The zero-order valence-electron chi connectivity index (χ0n) is 10.9. The van der Waals surface area contributed by atoms with E-state index in [1.54, 1.807) is 11.3 Å². The number of aromatic nitrogens is 1. The molecule has 3 heteroatoms. The maximum atomic E-state index is 4.47. The van der Waals surface area contributed by atoms with E-state index in [-0.39, 0.29) is 0 Å². The lowest BCUT2D eigenvalue weighted by atomic mass is 10.1. The van der Waals surface area contributed by atoms with Crippen molar-refractivity contribution < 1.29 is 0 Å². The van der Waals surface area contributed by atoms with Gasteiger partial charge in [0.2, 0.25) is 0 Å². The normalized spacial score (nSPS) is 10.8. The molecule has 0 bridgehead atoms. The van der Waals surface area contributed by atoms with E-state index >= 15 is 0 Å². The second-order valence-electron chi connectivity index (χ2n) is 4.62. The summed E-state index contributed by atoms with van der Waals surface area (Å²) in [7, 11) is 0. The molecule has 1 N–H and O–H groups in total. The number of thiazole rings is 1. The van der Waals surface area contributed by atoms with E-state index in [2.05, 4.69) is 58.1 Å². The van der Waals surface area contributed by atoms with Gasteiger partial charge in [0.25, 0.3) is 0 Å². The van der Waals surface area contributed by atoms with Crippen LogP contribution in [0.1, 0.15) is 10.7 Å². The van der Waals surface area contributed by atoms with Gasteiger partial charge in [-0.1, -0.05) is 30.3 Å². The molecule has 0 atom stereocenters. The molecule has 0 amide bonds. The summed E-state index contributed by atoms with van der Waals surface area (Å²) in [5, 5.41) is 9.32. The number of nitrogens with zero attached hydrogens (tertiary/aromatic N) is 1. The third-order valence-corrected chi connectivity index (χ3v) is 4.11. The minimum atomic E-state index is 0.922. The minimum Gasteiger partial charge on any atom is -0.385 e. The molecule has 0 aliphatic heterocycles. The van der Waals surface area contributed by atoms with Crippen LogP contribution in [0, 0.1) is 6.92 Å². The molecule has 0 aliphatic carbocycles. The third-order valence-electron chi connectivity index (χ3n) is 3.08. The highest BCUT2D eigenvalue weighted by atomic mass is 32.1. The molecule has 1 aromatic heterocycles. The van der Waals surface area contributed by atoms with Crippen LogP contribution in [0.15, 0.2) is 47.8 Å². The van der Waals surface area contributed by atoms with Crippen LogP contribution in [0.5, 0.6) is 0 Å². The first-order chi connectivity index (χ1) is 9.31. The van der Waals surface area contributed by atoms with Gasteiger partial charge in [-0.2, -0.15) is 0 Å². The number of hydrogen-bond acceptors (Lipinski definition) is 3. The molecule has 0 spiro atoms. The smallest absolute Gasteiger partial charge is 0.0945 e. The number of aryl methyl sites for hydroxylation is 1. The van der Waals surface area contributed by atoms with Gasteiger partial charge >= 0.3 is 0 Å². The maximum absolute atomic E-state index is 4.47. The van der Waals surface area contributed by atoms with Crippen molar-refractivity contribution in [3.05, 3.63) is 58.5 Å². The van der Waals surface area contributed by atoms with E-state index in [1.165, 1.54) is 21.5 Å². The standard InChI is InChI=1S/C16H16N2S/c1-12-11-19-16(18-12)8-9-17-15-7-6-13-4-2-3-5-14(13)10-15/h2-7,10-11,17H,8-9H2,1H3. The van der Waals surface area contributed by atoms with Crippen molar-refractivity contribution in [2.45, 2.75) is 13.3 Å². The van der Waals surface area contributed by atoms with E-state index in [0.717, 1.165) is 18.7 Å². The molecule has 3 aromatic rings. The molecule has 3 rings (SSSR count). The summed E-state index contributed by atoms with van der Waals surface area (Å²) in [6.07, 6.45) is 0.978. The van der Waals surface area contributed by atoms with Gasteiger partial charge in [0.05, 0.1) is 5.01 Å². The molecule has 1 heterocycles. The van der Waals surface area contributed by atoms with Gasteiger partial charge in [-0.3, -0.25) is 0 Å². The lowest BCUT2D eigenvalue weighted by molar-refractivity contribution is 0.987. The molecule has 0 saturated carbocycles. The zero-order chi connectivity index (χ0) is 13.1. The number of nitrogens with one attached hydrogen (secondary N) is 1. The van der Waals surface area contributed by atoms with E-state index < -0.39 is 0 Å². The lowest BCUT2D eigenvalue weighted by Crippen LogP contribution is -2.04. The SMILES string of the molecule is Cc1csc(CCNc2ccc3ccccc3c2)n1. The summed E-state index contributed by atoms with van der Waals surface area (Å²) in [4.78, 5) is 4.47. The van der Waals surface area contributed by atoms with Crippen LogP contribution < -0.4 is 5.32 Å². The van der Waals surface area contributed by atoms with Crippen LogP contribution in [0.3, 0.4) is 0 Å². The predicted octanol–water partition coefficient (Wildman–Crippen LogP) is 4.26. The molecule has 2 aromatic carbocycles. The number of anilines is 1. The number of fused-ring (bicyclic) bond motifs is 1. The van der Waals surface area contributed by atoms with E-state index in [1.807, 2.05) is 6.92 Å². The van der Waals surface area contributed by atoms with Gasteiger partial charge in [0.1, 0.15) is 0 Å². The Morgan fingerprint density at radius 1 is 1.11 bits per heavy atom. The average Bonchev–Trinajstić information content (AvgIpc) is 2.84. The van der Waals surface area contributed by atoms with E-state index in [9.17, 15) is 0 Å². The molecule has 2 nitrogen and oxygen atoms in total. The molecule has 0 aliphatic rings. The summed E-state index contributed by atoms with van der Waals surface area (Å²) in [5.41, 5.74) is 2.29. The fourth-order valence-corrected chi connectivity index (χ4v) is 2.91. The fraction of sp³-hybridized carbons (Fsp3) is 0.188. The number of rotatable bonds is 4. The summed E-state index contributed by atoms with van der Waals surface area (Å²) in [6.45, 7) is 2.96. The van der Waals surface area contributed by atoms with Crippen LogP contribution in [-0.4, -0.2) is 11.5 Å². The second kappa shape index (κ2) is 5.41. The largest absolute Gasteiger partial charge is 0.385 e. The van der Waals surface area contributed by atoms with Gasteiger partial charge < -0.3 is 5.32 Å². The molecule has 96 valence electrons. The summed E-state index contributed by atoms with van der Waals surface area (Å²) >= 11 is 1.74. The van der Waals surface area contributed by atoms with Crippen LogP contribution in [0.2, 0.25) is 0 Å². The van der Waals surface area contributed by atoms with Gasteiger partial charge in [0.15, 0.2) is 0 Å². The van der Waals surface area contributed by atoms with Crippen molar-refractivity contribution in [2.75, 3.05) is 11.9 Å². The molecular formula is C16H16N2S. The Hall–Kier alpha value is -1.87. The Bertz CT molecular complexity index is 688. The predicted molar refractivity (Wildman–Crippen MR) is 83.0 cm³/mol. The first kappa shape index (κ1) is 12.2. The Balaban J connectivity index is 1.65. The van der Waals surface area contributed by atoms with Gasteiger partial charge in [-0.25, -0.2) is 4.98 Å². The van der Waals surface area contributed by atoms with Crippen molar-refractivity contribution in [3.8, 4) is 0 Å². The molecule has 0 fully saturated rings. The van der Waals surface area contributed by atoms with Crippen LogP contribution >= 0.6 is 11.3 Å². The maximum Gasteiger partial charge on any atom is 0.0945 e. The van der Waals surface area contributed by atoms with E-state index in [0.29, 0.717) is 0 Å². The Labute approximate surface area is 117 Å². The minimum absolute atomic E-state index is 0.922. The second-order valence-corrected chi connectivity index (χ2v) is 5.56. The summed E-state index contributed by atoms with van der Waals surface area (Å²) in [6, 6.07) is 14.9. The molecule has 0 saturated heterocycles. The molecule has 0 radical (unpaired) electrons. The van der Waals surface area contributed by atoms with E-state index in [4.69, 9.17) is 0 Å². The molecule has 0 unspecified atom stereocenters. The highest BCUT2D eigenvalue weighted by molar-refractivity contribution is 7.09. The first-order valence-corrected chi connectivity index (χ1v) is 7.33. The van der Waals surface area contributed by atoms with Gasteiger partial charge in [-0.15, -0.1) is 11.3 Å². The third kappa shape index (κ3) is 2.93. The van der Waals surface area contributed by atoms with Crippen LogP contribution in [-0.2, 0) is 6.42 Å². The van der Waals surface area contributed by atoms with Crippen molar-refractivity contribution in [1.82, 2.24) is 4.98 Å². The van der Waals surface area contributed by atoms with Crippen LogP contribution in [0.4, 0.5) is 5.69 Å². The monoisotopic (exact) mass is 268 g/mol. The Morgan fingerprint density at radius 2 is 1.95 bits per heavy atom. The Kier molecular flexibility index (Phi) is 3.47. The molecular weight excluding hydrogens is 252 g/mol. The average molecular weight is 268 g/mol. The Morgan fingerprint density at radius 3 is 2.74 bits per heavy atom. The lowest BCUT2D eigenvalue weighted by Gasteiger charge is -2.06. The highest BCUT2D eigenvalue weighted by Crippen LogP contribution is 2.19. The van der Waals surface area contributed by atoms with Gasteiger partial charge in [-0.05, 0) is 29.8 Å². The fourth-order valence-electron chi connectivity index (χ4n) is 2.13. The topological polar surface area (TPSA) is 24.9 Å². The highest BCUT2D eigenvalue weighted by Gasteiger charge is 1.99. The first-order valence-electron chi connectivity index (χ1n) is 6.45. The van der Waals surface area contributed by atoms with Gasteiger partial charge in [0, 0.05) is 29.7 Å². The van der Waals surface area contributed by atoms with Crippen molar-refractivity contribution in [1.29, 1.82) is 0 Å². The zero-order valence-corrected chi connectivity index (χ0v) is 11.7. The molecule has 19 heavy (non-hydrogen) atoms. The number of hydrogen-bond donors (Lipinski definition) is 1. The van der Waals surface area contributed by atoms with Crippen molar-refractivity contribution in [3.63, 3.8) is 0 Å². The number of benzene rings is 2. The van der Waals surface area contributed by atoms with Crippen molar-refractivity contribution in [2.24, 2.45) is 0 Å². The van der Waals surface area contributed by atoms with Crippen molar-refractivity contribution >= 4 is 27.8 Å². The quantitative estimate of drug-likeness (QED) is 0.764. The summed E-state index contributed by atoms with van der Waals surface area (Å²) < 4.78 is 0.